The van der Waals surface area contributed by atoms with Gasteiger partial charge in [-0.15, -0.1) is 0 Å². The predicted molar refractivity (Wildman–Crippen MR) is 76.3 cm³/mol. The summed E-state index contributed by atoms with van der Waals surface area (Å²) in [6.07, 6.45) is 1.44. The number of benzene rings is 1. The Labute approximate surface area is 117 Å². The number of likely N-dealkylation sites (N-methyl/N-ethyl adjacent to an activating group) is 1. The Hall–Kier alpha value is -2.21. The third-order valence-corrected chi connectivity index (χ3v) is 3.00. The number of fused-ring (bicyclic) bond motifs is 1. The molecule has 0 aliphatic rings. The smallest absolute Gasteiger partial charge is 0.335 e. The van der Waals surface area contributed by atoms with E-state index in [1.807, 2.05) is 18.9 Å². The fourth-order valence-electron chi connectivity index (χ4n) is 1.93. The number of aromatic nitrogens is 2. The average Bonchev–Trinajstić information content (AvgIpc) is 2.46. The SMILES string of the molecule is CCOCCN(C)c1ncnc2cc(C(=O)O)ccc12. The van der Waals surface area contributed by atoms with Crippen molar-refractivity contribution >= 4 is 22.7 Å². The Balaban J connectivity index is 2.32. The van der Waals surface area contributed by atoms with Crippen molar-refractivity contribution in [1.82, 2.24) is 9.97 Å². The zero-order valence-corrected chi connectivity index (χ0v) is 11.5. The summed E-state index contributed by atoms with van der Waals surface area (Å²) in [4.78, 5) is 21.3. The van der Waals surface area contributed by atoms with Crippen molar-refractivity contribution in [1.29, 1.82) is 0 Å². The highest BCUT2D eigenvalue weighted by molar-refractivity contribution is 5.96. The molecule has 0 bridgehead atoms. The molecule has 2 rings (SSSR count). The molecule has 0 saturated heterocycles. The molecule has 2 aromatic rings. The molecule has 0 aliphatic carbocycles. The van der Waals surface area contributed by atoms with Crippen molar-refractivity contribution in [3.05, 3.63) is 30.1 Å². The van der Waals surface area contributed by atoms with Crippen LogP contribution < -0.4 is 4.90 Å². The maximum absolute atomic E-state index is 11.0. The summed E-state index contributed by atoms with van der Waals surface area (Å²) in [5.41, 5.74) is 0.845. The molecular formula is C14H17N3O3. The van der Waals surface area contributed by atoms with E-state index < -0.39 is 5.97 Å². The maximum Gasteiger partial charge on any atom is 0.335 e. The van der Waals surface area contributed by atoms with Gasteiger partial charge in [0.05, 0.1) is 17.7 Å². The number of nitrogens with zero attached hydrogens (tertiary/aromatic N) is 3. The van der Waals surface area contributed by atoms with E-state index in [4.69, 9.17) is 9.84 Å². The number of hydrogen-bond donors (Lipinski definition) is 1. The van der Waals surface area contributed by atoms with E-state index in [0.717, 1.165) is 11.2 Å². The Morgan fingerprint density at radius 3 is 2.90 bits per heavy atom. The Morgan fingerprint density at radius 2 is 2.20 bits per heavy atom. The second-order valence-electron chi connectivity index (χ2n) is 4.35. The van der Waals surface area contributed by atoms with E-state index in [1.165, 1.54) is 6.33 Å². The first-order valence-corrected chi connectivity index (χ1v) is 6.40. The molecule has 20 heavy (non-hydrogen) atoms. The van der Waals surface area contributed by atoms with Crippen LogP contribution in [0.5, 0.6) is 0 Å². The van der Waals surface area contributed by atoms with Gasteiger partial charge >= 0.3 is 5.97 Å². The highest BCUT2D eigenvalue weighted by Gasteiger charge is 2.11. The summed E-state index contributed by atoms with van der Waals surface area (Å²) in [5.74, 6) is -0.191. The second kappa shape index (κ2) is 6.29. The molecule has 0 fully saturated rings. The van der Waals surface area contributed by atoms with E-state index >= 15 is 0 Å². The molecular weight excluding hydrogens is 258 g/mol. The van der Waals surface area contributed by atoms with Crippen LogP contribution in [0.2, 0.25) is 0 Å². The molecule has 0 aliphatic heterocycles. The van der Waals surface area contributed by atoms with Gasteiger partial charge in [0.1, 0.15) is 12.1 Å². The highest BCUT2D eigenvalue weighted by Crippen LogP contribution is 2.22. The number of anilines is 1. The summed E-state index contributed by atoms with van der Waals surface area (Å²) in [6, 6.07) is 4.86. The van der Waals surface area contributed by atoms with Crippen LogP contribution in [-0.2, 0) is 4.74 Å². The molecule has 0 unspecified atom stereocenters. The number of ether oxygens (including phenoxy) is 1. The number of carboxylic acid groups (broad SMARTS) is 1. The van der Waals surface area contributed by atoms with Crippen molar-refractivity contribution in [2.75, 3.05) is 31.7 Å². The van der Waals surface area contributed by atoms with Gasteiger partial charge < -0.3 is 14.7 Å². The average molecular weight is 275 g/mol. The molecule has 1 aromatic carbocycles. The minimum Gasteiger partial charge on any atom is -0.478 e. The van der Waals surface area contributed by atoms with Crippen LogP contribution in [0, 0.1) is 0 Å². The van der Waals surface area contributed by atoms with Crippen LogP contribution in [0.25, 0.3) is 10.9 Å². The zero-order chi connectivity index (χ0) is 14.5. The maximum atomic E-state index is 11.0. The van der Waals surface area contributed by atoms with E-state index in [2.05, 4.69) is 9.97 Å². The first-order valence-electron chi connectivity index (χ1n) is 6.40. The normalized spacial score (nSPS) is 10.7. The highest BCUT2D eigenvalue weighted by atomic mass is 16.5. The summed E-state index contributed by atoms with van der Waals surface area (Å²) in [5, 5.41) is 9.83. The monoisotopic (exact) mass is 275 g/mol. The van der Waals surface area contributed by atoms with E-state index in [-0.39, 0.29) is 5.56 Å². The first-order chi connectivity index (χ1) is 9.63. The molecule has 0 atom stereocenters. The van der Waals surface area contributed by atoms with Crippen LogP contribution in [0.3, 0.4) is 0 Å². The zero-order valence-electron chi connectivity index (χ0n) is 11.5. The minimum atomic E-state index is -0.961. The molecule has 106 valence electrons. The van der Waals surface area contributed by atoms with Crippen LogP contribution in [0.15, 0.2) is 24.5 Å². The number of carboxylic acids is 1. The van der Waals surface area contributed by atoms with E-state index in [1.54, 1.807) is 18.2 Å². The summed E-state index contributed by atoms with van der Waals surface area (Å²) in [7, 11) is 1.92. The first kappa shape index (κ1) is 14.2. The molecule has 1 aromatic heterocycles. The predicted octanol–water partition coefficient (Wildman–Crippen LogP) is 1.80. The van der Waals surface area contributed by atoms with Crippen molar-refractivity contribution in [2.45, 2.75) is 6.92 Å². The minimum absolute atomic E-state index is 0.221. The van der Waals surface area contributed by atoms with Gasteiger partial charge in [0, 0.05) is 25.6 Å². The molecule has 0 radical (unpaired) electrons. The fourth-order valence-corrected chi connectivity index (χ4v) is 1.93. The summed E-state index contributed by atoms with van der Waals surface area (Å²) in [6.45, 7) is 3.96. The standard InChI is InChI=1S/C14H17N3O3/c1-3-20-7-6-17(2)13-11-5-4-10(14(18)19)8-12(11)15-9-16-13/h4-5,8-9H,3,6-7H2,1-2H3,(H,18,19). The van der Waals surface area contributed by atoms with Crippen molar-refractivity contribution in [3.8, 4) is 0 Å². The van der Waals surface area contributed by atoms with Gasteiger partial charge in [-0.3, -0.25) is 0 Å². The third kappa shape index (κ3) is 3.03. The molecule has 1 N–H and O–H groups in total. The lowest BCUT2D eigenvalue weighted by Crippen LogP contribution is -2.23. The number of rotatable bonds is 6. The Morgan fingerprint density at radius 1 is 1.40 bits per heavy atom. The quantitative estimate of drug-likeness (QED) is 0.810. The summed E-state index contributed by atoms with van der Waals surface area (Å²) >= 11 is 0. The van der Waals surface area contributed by atoms with Gasteiger partial charge in [-0.2, -0.15) is 0 Å². The lowest BCUT2D eigenvalue weighted by Gasteiger charge is -2.19. The van der Waals surface area contributed by atoms with Gasteiger partial charge in [-0.1, -0.05) is 0 Å². The number of carbonyl (C=O) groups is 1. The summed E-state index contributed by atoms with van der Waals surface area (Å²) < 4.78 is 5.33. The molecule has 6 nitrogen and oxygen atoms in total. The van der Waals surface area contributed by atoms with Gasteiger partial charge in [0.2, 0.25) is 0 Å². The van der Waals surface area contributed by atoms with Crippen molar-refractivity contribution in [3.63, 3.8) is 0 Å². The number of hydrogen-bond acceptors (Lipinski definition) is 5. The number of aromatic carboxylic acids is 1. The second-order valence-corrected chi connectivity index (χ2v) is 4.35. The van der Waals surface area contributed by atoms with Crippen LogP contribution in [0.1, 0.15) is 17.3 Å². The van der Waals surface area contributed by atoms with Crippen molar-refractivity contribution < 1.29 is 14.6 Å². The van der Waals surface area contributed by atoms with Gasteiger partial charge in [-0.05, 0) is 25.1 Å². The Kier molecular flexibility index (Phi) is 4.47. The van der Waals surface area contributed by atoms with Crippen LogP contribution in [0.4, 0.5) is 5.82 Å². The fraction of sp³-hybridized carbons (Fsp3) is 0.357. The molecule has 0 saturated carbocycles. The third-order valence-electron chi connectivity index (χ3n) is 3.00. The largest absolute Gasteiger partial charge is 0.478 e. The Bertz CT molecular complexity index is 616. The lowest BCUT2D eigenvalue weighted by molar-refractivity contribution is 0.0697. The van der Waals surface area contributed by atoms with Gasteiger partial charge in [-0.25, -0.2) is 14.8 Å². The molecule has 0 amide bonds. The van der Waals surface area contributed by atoms with Crippen molar-refractivity contribution in [2.24, 2.45) is 0 Å². The van der Waals surface area contributed by atoms with E-state index in [0.29, 0.717) is 25.3 Å². The molecule has 0 spiro atoms. The molecule has 1 heterocycles. The van der Waals surface area contributed by atoms with Crippen LogP contribution in [-0.4, -0.2) is 47.8 Å². The van der Waals surface area contributed by atoms with Gasteiger partial charge in [0.25, 0.3) is 0 Å². The molecule has 6 heteroatoms. The topological polar surface area (TPSA) is 75.5 Å². The lowest BCUT2D eigenvalue weighted by atomic mass is 10.1. The van der Waals surface area contributed by atoms with Gasteiger partial charge in [0.15, 0.2) is 0 Å². The van der Waals surface area contributed by atoms with Crippen LogP contribution >= 0.6 is 0 Å². The van der Waals surface area contributed by atoms with E-state index in [9.17, 15) is 4.79 Å².